The summed E-state index contributed by atoms with van der Waals surface area (Å²) in [6.07, 6.45) is 0.657. The predicted octanol–water partition coefficient (Wildman–Crippen LogP) is 1.64. The molecule has 0 heterocycles. The number of carbonyl (C=O) groups excluding carboxylic acids is 2. The van der Waals surface area contributed by atoms with E-state index in [1.165, 1.54) is 6.92 Å². The third-order valence-corrected chi connectivity index (χ3v) is 3.83. The summed E-state index contributed by atoms with van der Waals surface area (Å²) in [7, 11) is 0. The van der Waals surface area contributed by atoms with E-state index in [4.69, 9.17) is 0 Å². The molecule has 0 saturated heterocycles. The van der Waals surface area contributed by atoms with Crippen LogP contribution in [-0.4, -0.2) is 11.7 Å². The third kappa shape index (κ3) is 1.41. The Morgan fingerprint density at radius 3 is 2.47 bits per heavy atom. The third-order valence-electron chi connectivity index (χ3n) is 3.83. The minimum absolute atomic E-state index is 0.102. The van der Waals surface area contributed by atoms with Crippen molar-refractivity contribution in [1.82, 2.24) is 5.32 Å². The van der Waals surface area contributed by atoms with Gasteiger partial charge in [0.2, 0.25) is 5.91 Å². The summed E-state index contributed by atoms with van der Waals surface area (Å²) in [5.41, 5.74) is 1.87. The molecule has 0 spiro atoms. The molecule has 2 atom stereocenters. The van der Waals surface area contributed by atoms with Crippen molar-refractivity contribution < 1.29 is 9.59 Å². The normalized spacial score (nSPS) is 34.8. The molecule has 0 unspecified atom stereocenters. The van der Waals surface area contributed by atoms with Gasteiger partial charge in [0.1, 0.15) is 0 Å². The number of allylic oxidation sites excluding steroid dienone is 2. The van der Waals surface area contributed by atoms with Crippen molar-refractivity contribution in [1.29, 1.82) is 0 Å². The van der Waals surface area contributed by atoms with Crippen LogP contribution in [0.3, 0.4) is 0 Å². The van der Waals surface area contributed by atoms with Crippen molar-refractivity contribution in [3.05, 3.63) is 11.3 Å². The van der Waals surface area contributed by atoms with E-state index in [1.54, 1.807) is 0 Å². The van der Waals surface area contributed by atoms with Gasteiger partial charge in [0.25, 0.3) is 0 Å². The van der Waals surface area contributed by atoms with Gasteiger partial charge < -0.3 is 5.32 Å². The Labute approximate surface area is 89.9 Å². The predicted molar refractivity (Wildman–Crippen MR) is 56.9 cm³/mol. The molecule has 3 nitrogen and oxygen atoms in total. The number of carbonyl (C=O) groups is 2. The highest BCUT2D eigenvalue weighted by molar-refractivity contribution is 6.01. The topological polar surface area (TPSA) is 46.2 Å². The van der Waals surface area contributed by atoms with Crippen LogP contribution in [0.2, 0.25) is 0 Å². The Kier molecular flexibility index (Phi) is 2.04. The van der Waals surface area contributed by atoms with Gasteiger partial charge in [-0.25, -0.2) is 0 Å². The van der Waals surface area contributed by atoms with Crippen LogP contribution in [0.4, 0.5) is 0 Å². The number of ketones is 1. The number of Topliss-reactive ketones (excluding diaryl/α,β-unsaturated/α-hetero) is 1. The van der Waals surface area contributed by atoms with Crippen molar-refractivity contribution >= 4 is 11.7 Å². The maximum Gasteiger partial charge on any atom is 0.220 e. The van der Waals surface area contributed by atoms with Gasteiger partial charge in [-0.05, 0) is 24.2 Å². The van der Waals surface area contributed by atoms with Crippen LogP contribution in [0.15, 0.2) is 11.3 Å². The monoisotopic (exact) mass is 207 g/mol. The quantitative estimate of drug-likeness (QED) is 0.664. The number of fused-ring (bicyclic) bond motifs is 1. The van der Waals surface area contributed by atoms with E-state index in [0.29, 0.717) is 18.3 Å². The fourth-order valence-corrected chi connectivity index (χ4v) is 2.96. The van der Waals surface area contributed by atoms with E-state index in [1.807, 2.05) is 6.92 Å². The second kappa shape index (κ2) is 2.94. The molecular weight excluding hydrogens is 190 g/mol. The van der Waals surface area contributed by atoms with Gasteiger partial charge in [-0.3, -0.25) is 9.59 Å². The Morgan fingerprint density at radius 2 is 2.00 bits per heavy atom. The van der Waals surface area contributed by atoms with E-state index in [0.717, 1.165) is 11.3 Å². The van der Waals surface area contributed by atoms with E-state index in [-0.39, 0.29) is 17.1 Å². The fourth-order valence-electron chi connectivity index (χ4n) is 2.96. The Morgan fingerprint density at radius 1 is 1.40 bits per heavy atom. The Bertz CT molecular complexity index is 379. The molecular formula is C12H17NO2. The van der Waals surface area contributed by atoms with Gasteiger partial charge >= 0.3 is 0 Å². The van der Waals surface area contributed by atoms with Crippen molar-refractivity contribution in [2.75, 3.05) is 0 Å². The van der Waals surface area contributed by atoms with Crippen LogP contribution in [0.25, 0.3) is 0 Å². The Balaban J connectivity index is 2.28. The van der Waals surface area contributed by atoms with Crippen molar-refractivity contribution in [2.45, 2.75) is 34.1 Å². The largest absolute Gasteiger partial charge is 0.330 e. The number of hydrogen-bond acceptors (Lipinski definition) is 2. The lowest BCUT2D eigenvalue weighted by Crippen LogP contribution is -2.22. The minimum Gasteiger partial charge on any atom is -0.330 e. The van der Waals surface area contributed by atoms with E-state index in [2.05, 4.69) is 19.2 Å². The summed E-state index contributed by atoms with van der Waals surface area (Å²) in [5, 5.41) is 2.73. The van der Waals surface area contributed by atoms with Crippen molar-refractivity contribution in [3.63, 3.8) is 0 Å². The molecule has 15 heavy (non-hydrogen) atoms. The van der Waals surface area contributed by atoms with Crippen LogP contribution in [-0.2, 0) is 9.59 Å². The lowest BCUT2D eigenvalue weighted by atomic mass is 9.95. The van der Waals surface area contributed by atoms with Crippen LogP contribution in [0.1, 0.15) is 34.1 Å². The smallest absolute Gasteiger partial charge is 0.220 e. The van der Waals surface area contributed by atoms with Crippen molar-refractivity contribution in [3.8, 4) is 0 Å². The summed E-state index contributed by atoms with van der Waals surface area (Å²) in [6.45, 7) is 7.68. The number of rotatable bonds is 1. The molecule has 2 saturated carbocycles. The zero-order chi connectivity index (χ0) is 11.4. The summed E-state index contributed by atoms with van der Waals surface area (Å²) >= 11 is 0. The number of amides is 1. The second-order valence-corrected chi connectivity index (χ2v) is 5.25. The number of hydrogen-bond donors (Lipinski definition) is 1. The van der Waals surface area contributed by atoms with Gasteiger partial charge in [-0.1, -0.05) is 13.8 Å². The highest BCUT2D eigenvalue weighted by atomic mass is 16.1. The molecule has 0 radical (unpaired) electrons. The molecule has 0 aromatic heterocycles. The summed E-state index contributed by atoms with van der Waals surface area (Å²) in [4.78, 5) is 22.7. The summed E-state index contributed by atoms with van der Waals surface area (Å²) in [5.74, 6) is 0.992. The van der Waals surface area contributed by atoms with Crippen LogP contribution < -0.4 is 5.32 Å². The van der Waals surface area contributed by atoms with Gasteiger partial charge in [-0.2, -0.15) is 0 Å². The first-order chi connectivity index (χ1) is 6.85. The molecule has 2 aliphatic rings. The average molecular weight is 207 g/mol. The lowest BCUT2D eigenvalue weighted by molar-refractivity contribution is -0.118. The van der Waals surface area contributed by atoms with Crippen LogP contribution in [0, 0.1) is 17.3 Å². The first kappa shape index (κ1) is 10.4. The zero-order valence-corrected chi connectivity index (χ0v) is 9.68. The highest BCUT2D eigenvalue weighted by Gasteiger charge is 2.65. The fraction of sp³-hybridized carbons (Fsp3) is 0.667. The molecule has 3 heteroatoms. The maximum absolute atomic E-state index is 11.7. The first-order valence-electron chi connectivity index (χ1n) is 5.37. The summed E-state index contributed by atoms with van der Waals surface area (Å²) in [6, 6.07) is 0. The van der Waals surface area contributed by atoms with E-state index >= 15 is 0 Å². The van der Waals surface area contributed by atoms with Gasteiger partial charge in [-0.15, -0.1) is 0 Å². The molecule has 0 aromatic rings. The van der Waals surface area contributed by atoms with E-state index in [9.17, 15) is 9.59 Å². The molecule has 2 rings (SSSR count). The second-order valence-electron chi connectivity index (χ2n) is 5.25. The molecule has 1 amide bonds. The average Bonchev–Trinajstić information content (AvgIpc) is 2.49. The number of nitrogens with one attached hydrogen (secondary N) is 1. The SMILES string of the molecule is CC(=O)N/C(C)=C1\C(=O)C[C@H]2[C@H]1C2(C)C. The molecule has 2 aliphatic carbocycles. The molecule has 1 N–H and O–H groups in total. The highest BCUT2D eigenvalue weighted by Crippen LogP contribution is 2.68. The van der Waals surface area contributed by atoms with Crippen LogP contribution in [0.5, 0.6) is 0 Å². The van der Waals surface area contributed by atoms with Gasteiger partial charge in [0.15, 0.2) is 5.78 Å². The molecule has 0 aliphatic heterocycles. The molecule has 82 valence electrons. The maximum atomic E-state index is 11.7. The molecule has 2 fully saturated rings. The van der Waals surface area contributed by atoms with Crippen LogP contribution >= 0.6 is 0 Å². The molecule has 0 bridgehead atoms. The van der Waals surface area contributed by atoms with E-state index < -0.39 is 0 Å². The minimum atomic E-state index is -0.102. The summed E-state index contributed by atoms with van der Waals surface area (Å²) < 4.78 is 0. The zero-order valence-electron chi connectivity index (χ0n) is 9.68. The van der Waals surface area contributed by atoms with Gasteiger partial charge in [0, 0.05) is 24.6 Å². The Hall–Kier alpha value is -1.12. The van der Waals surface area contributed by atoms with Gasteiger partial charge in [0.05, 0.1) is 0 Å². The molecule has 0 aromatic carbocycles. The van der Waals surface area contributed by atoms with Crippen molar-refractivity contribution in [2.24, 2.45) is 17.3 Å². The first-order valence-corrected chi connectivity index (χ1v) is 5.37. The standard InChI is InChI=1S/C12H17NO2/c1-6(13-7(2)14)10-9(15)5-8-11(10)12(8,3)4/h8,11H,5H2,1-4H3,(H,13,14)/b10-6+/t8-,11+/m0/s1. The lowest BCUT2D eigenvalue weighted by Gasteiger charge is -2.12.